The Morgan fingerprint density at radius 1 is 1.03 bits per heavy atom. The van der Waals surface area contributed by atoms with E-state index in [2.05, 4.69) is 32.2 Å². The number of nitrogens with one attached hydrogen (secondary N) is 1. The van der Waals surface area contributed by atoms with Crippen LogP contribution in [0.4, 0.5) is 0 Å². The summed E-state index contributed by atoms with van der Waals surface area (Å²) in [4.78, 5) is 12.7. The van der Waals surface area contributed by atoms with Gasteiger partial charge in [0.2, 0.25) is 5.91 Å². The zero-order valence-corrected chi connectivity index (χ0v) is 24.9. The van der Waals surface area contributed by atoms with Gasteiger partial charge < -0.3 is 30.4 Å². The molecule has 0 unspecified atom stereocenters. The molecule has 0 spiro atoms. The molecule has 37 heavy (non-hydrogen) atoms. The van der Waals surface area contributed by atoms with Crippen molar-refractivity contribution in [3.05, 3.63) is 23.8 Å². The second-order valence-electron chi connectivity index (χ2n) is 10.6. The number of amides is 1. The van der Waals surface area contributed by atoms with Crippen molar-refractivity contribution in [2.24, 2.45) is 29.4 Å². The quantitative estimate of drug-likeness (QED) is 0.212. The molecule has 7 nitrogen and oxygen atoms in total. The van der Waals surface area contributed by atoms with Gasteiger partial charge in [-0.3, -0.25) is 4.79 Å². The van der Waals surface area contributed by atoms with Gasteiger partial charge in [0.25, 0.3) is 0 Å². The smallest absolute Gasteiger partial charge is 0.223 e. The van der Waals surface area contributed by atoms with Crippen LogP contribution in [0, 0.1) is 23.7 Å². The van der Waals surface area contributed by atoms with Crippen molar-refractivity contribution in [3.8, 4) is 11.5 Å². The Labute approximate surface area is 231 Å². The molecule has 4 atom stereocenters. The molecule has 0 fully saturated rings. The molecule has 0 aliphatic heterocycles. The summed E-state index contributed by atoms with van der Waals surface area (Å²) < 4.78 is 16.5. The van der Waals surface area contributed by atoms with Crippen LogP contribution < -0.4 is 20.5 Å². The highest BCUT2D eigenvalue weighted by molar-refractivity contribution is 5.85. The Kier molecular flexibility index (Phi) is 18.7. The molecule has 0 aromatic heterocycles. The van der Waals surface area contributed by atoms with E-state index in [1.54, 1.807) is 14.2 Å². The first-order chi connectivity index (χ1) is 17.1. The number of rotatable bonds is 19. The molecular weight excluding hydrogens is 492 g/mol. The molecule has 0 saturated carbocycles. The van der Waals surface area contributed by atoms with Crippen molar-refractivity contribution in [2.75, 3.05) is 34.0 Å². The van der Waals surface area contributed by atoms with Gasteiger partial charge in [-0.05, 0) is 61.1 Å². The first-order valence-corrected chi connectivity index (χ1v) is 13.6. The Bertz CT molecular complexity index is 747. The average molecular weight is 545 g/mol. The monoisotopic (exact) mass is 544 g/mol. The largest absolute Gasteiger partial charge is 0.493 e. The topological polar surface area (TPSA) is 103 Å². The summed E-state index contributed by atoms with van der Waals surface area (Å²) in [5.41, 5.74) is 7.66. The fourth-order valence-corrected chi connectivity index (χ4v) is 4.38. The lowest BCUT2D eigenvalue weighted by Gasteiger charge is -2.30. The minimum atomic E-state index is -0.730. The molecule has 0 heterocycles. The first-order valence-electron chi connectivity index (χ1n) is 13.6. The van der Waals surface area contributed by atoms with Gasteiger partial charge in [0.15, 0.2) is 11.5 Å². The van der Waals surface area contributed by atoms with Gasteiger partial charge in [-0.1, -0.05) is 47.1 Å². The van der Waals surface area contributed by atoms with E-state index >= 15 is 0 Å². The molecule has 0 aliphatic rings. The van der Waals surface area contributed by atoms with Crippen LogP contribution in [0.5, 0.6) is 11.5 Å². The van der Waals surface area contributed by atoms with Gasteiger partial charge in [0.1, 0.15) is 0 Å². The molecule has 0 aliphatic carbocycles. The van der Waals surface area contributed by atoms with Crippen LogP contribution >= 0.6 is 12.4 Å². The van der Waals surface area contributed by atoms with Crippen molar-refractivity contribution in [3.63, 3.8) is 0 Å². The fraction of sp³-hybridized carbons (Fsp3) is 0.759. The third-order valence-electron chi connectivity index (χ3n) is 6.95. The Hall–Kier alpha value is -1.54. The lowest BCUT2D eigenvalue weighted by atomic mass is 9.81. The number of carbonyl (C=O) groups is 1. The highest BCUT2D eigenvalue weighted by Gasteiger charge is 2.29. The maximum atomic E-state index is 12.7. The summed E-state index contributed by atoms with van der Waals surface area (Å²) in [5.74, 6) is 2.00. The lowest BCUT2D eigenvalue weighted by molar-refractivity contribution is -0.127. The standard InChI is InChI=1S/C29H52N2O5.ClH/c1-8-9-13-31-29(33)24(21(4)5)19-26(32)25(30)18-23(20(2)3)16-22-11-12-27(35-7)28(17-22)36-15-10-14-34-6;/h11-12,17,20-21,23-26,32H,8-10,13-16,18-19,30H2,1-7H3,(H,31,33);1H/t23-,24-,25-,26-;/m0./s1. The van der Waals surface area contributed by atoms with E-state index in [-0.39, 0.29) is 36.1 Å². The Morgan fingerprint density at radius 2 is 1.73 bits per heavy atom. The van der Waals surface area contributed by atoms with Crippen LogP contribution in [-0.4, -0.2) is 57.1 Å². The first kappa shape index (κ1) is 35.5. The van der Waals surface area contributed by atoms with Gasteiger partial charge in [-0.25, -0.2) is 0 Å². The average Bonchev–Trinajstić information content (AvgIpc) is 2.84. The number of aliphatic hydroxyl groups excluding tert-OH is 1. The summed E-state index contributed by atoms with van der Waals surface area (Å²) in [6.45, 7) is 12.4. The number of hydrogen-bond acceptors (Lipinski definition) is 6. The number of ether oxygens (including phenoxy) is 3. The molecule has 1 amide bonds. The highest BCUT2D eigenvalue weighted by atomic mass is 35.5. The van der Waals surface area contributed by atoms with Gasteiger partial charge in [0, 0.05) is 38.6 Å². The van der Waals surface area contributed by atoms with E-state index < -0.39 is 12.1 Å². The second kappa shape index (κ2) is 19.5. The zero-order chi connectivity index (χ0) is 27.1. The van der Waals surface area contributed by atoms with Crippen molar-refractivity contribution < 1.29 is 24.1 Å². The maximum Gasteiger partial charge on any atom is 0.223 e. The normalized spacial score (nSPS) is 14.6. The minimum Gasteiger partial charge on any atom is -0.493 e. The number of aliphatic hydroxyl groups is 1. The molecule has 1 aromatic rings. The Balaban J connectivity index is 0.0000130. The molecular formula is C29H53ClN2O5. The van der Waals surface area contributed by atoms with Crippen molar-refractivity contribution in [1.29, 1.82) is 0 Å². The number of hydrogen-bond donors (Lipinski definition) is 3. The number of halogens is 1. The molecule has 0 radical (unpaired) electrons. The fourth-order valence-electron chi connectivity index (χ4n) is 4.38. The van der Waals surface area contributed by atoms with Crippen LogP contribution in [-0.2, 0) is 16.0 Å². The van der Waals surface area contributed by atoms with Gasteiger partial charge >= 0.3 is 0 Å². The van der Waals surface area contributed by atoms with Crippen LogP contribution in [0.25, 0.3) is 0 Å². The van der Waals surface area contributed by atoms with E-state index in [1.165, 1.54) is 0 Å². The number of benzene rings is 1. The third kappa shape index (κ3) is 13.2. The number of unbranched alkanes of at least 4 members (excludes halogenated alkanes) is 1. The maximum absolute atomic E-state index is 12.7. The third-order valence-corrected chi connectivity index (χ3v) is 6.95. The summed E-state index contributed by atoms with van der Waals surface area (Å²) in [5, 5.41) is 14.0. The second-order valence-corrected chi connectivity index (χ2v) is 10.6. The summed E-state index contributed by atoms with van der Waals surface area (Å²) in [6.07, 6.45) is 3.94. The molecule has 1 aromatic carbocycles. The van der Waals surface area contributed by atoms with Crippen LogP contribution in [0.1, 0.15) is 72.3 Å². The number of methoxy groups -OCH3 is 2. The van der Waals surface area contributed by atoms with Crippen LogP contribution in [0.3, 0.4) is 0 Å². The van der Waals surface area contributed by atoms with Gasteiger partial charge in [-0.2, -0.15) is 0 Å². The van der Waals surface area contributed by atoms with Gasteiger partial charge in [-0.15, -0.1) is 12.4 Å². The summed E-state index contributed by atoms with van der Waals surface area (Å²) in [6, 6.07) is 5.65. The van der Waals surface area contributed by atoms with E-state index in [0.717, 1.165) is 37.0 Å². The van der Waals surface area contributed by atoms with Crippen LogP contribution in [0.2, 0.25) is 0 Å². The molecule has 1 rings (SSSR count). The molecule has 4 N–H and O–H groups in total. The van der Waals surface area contributed by atoms with E-state index in [1.807, 2.05) is 26.0 Å². The summed E-state index contributed by atoms with van der Waals surface area (Å²) >= 11 is 0. The van der Waals surface area contributed by atoms with Gasteiger partial charge in [0.05, 0.1) is 19.8 Å². The van der Waals surface area contributed by atoms with Crippen molar-refractivity contribution in [2.45, 2.75) is 85.3 Å². The highest BCUT2D eigenvalue weighted by Crippen LogP contribution is 2.31. The van der Waals surface area contributed by atoms with E-state index in [4.69, 9.17) is 19.9 Å². The lowest BCUT2D eigenvalue weighted by Crippen LogP contribution is -2.42. The SMILES string of the molecule is CCCCNC(=O)[C@@H](C[C@H](O)[C@@H](N)C[C@H](Cc1ccc(OC)c(OCCCOC)c1)C(C)C)C(C)C.Cl. The number of carbonyl (C=O) groups excluding carboxylic acids is 1. The van der Waals surface area contributed by atoms with E-state index in [9.17, 15) is 9.90 Å². The molecule has 0 saturated heterocycles. The zero-order valence-electron chi connectivity index (χ0n) is 24.1. The number of nitrogens with two attached hydrogens (primary N) is 1. The minimum absolute atomic E-state index is 0. The molecule has 0 bridgehead atoms. The molecule has 216 valence electrons. The molecule has 8 heteroatoms. The predicted molar refractivity (Wildman–Crippen MR) is 154 cm³/mol. The van der Waals surface area contributed by atoms with Crippen molar-refractivity contribution in [1.82, 2.24) is 5.32 Å². The Morgan fingerprint density at radius 3 is 2.30 bits per heavy atom. The van der Waals surface area contributed by atoms with E-state index in [0.29, 0.717) is 44.3 Å². The summed E-state index contributed by atoms with van der Waals surface area (Å²) in [7, 11) is 3.32. The predicted octanol–water partition coefficient (Wildman–Crippen LogP) is 5.00. The van der Waals surface area contributed by atoms with Crippen LogP contribution in [0.15, 0.2) is 18.2 Å². The van der Waals surface area contributed by atoms with Crippen molar-refractivity contribution >= 4 is 18.3 Å².